The summed E-state index contributed by atoms with van der Waals surface area (Å²) in [5.74, 6) is -0.762. The van der Waals surface area contributed by atoms with Crippen LogP contribution in [0.4, 0.5) is 0 Å². The van der Waals surface area contributed by atoms with Gasteiger partial charge in [-0.05, 0) is 0 Å². The number of hydrogen-bond acceptors (Lipinski definition) is 10. The second kappa shape index (κ2) is 21.1. The zero-order valence-electron chi connectivity index (χ0n) is 33.0. The fourth-order valence-corrected chi connectivity index (χ4v) is 13.6. The van der Waals surface area contributed by atoms with Gasteiger partial charge in [-0.2, -0.15) is 0 Å². The van der Waals surface area contributed by atoms with Crippen LogP contribution in [-0.2, 0) is 18.9 Å². The van der Waals surface area contributed by atoms with E-state index in [1.807, 2.05) is 27.7 Å². The van der Waals surface area contributed by atoms with Crippen molar-refractivity contribution in [1.29, 1.82) is 0 Å². The van der Waals surface area contributed by atoms with Crippen LogP contribution >= 0.6 is 0 Å². The van der Waals surface area contributed by atoms with Crippen LogP contribution in [0.3, 0.4) is 0 Å². The average Bonchev–Trinajstić information content (AvgIpc) is 3.88. The first-order valence-corrected chi connectivity index (χ1v) is 25.1. The zero-order chi connectivity index (χ0) is 39.5. The molecular weight excluding hydrogens is 901 g/mol. The van der Waals surface area contributed by atoms with Crippen molar-refractivity contribution >= 4 is 108 Å². The number of esters is 4. The Morgan fingerprint density at radius 1 is 0.364 bits per heavy atom. The number of carbonyl (C=O) groups excluding carboxylic acids is 4. The normalized spacial score (nSPS) is 11.6. The molecule has 0 bridgehead atoms. The molecule has 0 aliphatic heterocycles. The molecule has 0 fully saturated rings. The molecule has 0 radical (unpaired) electrons. The van der Waals surface area contributed by atoms with Gasteiger partial charge in [0.2, 0.25) is 0 Å². The van der Waals surface area contributed by atoms with Crippen LogP contribution in [0.15, 0.2) is 0 Å². The maximum atomic E-state index is 14.3. The summed E-state index contributed by atoms with van der Waals surface area (Å²) in [4.78, 5) is 56.9. The Balaban J connectivity index is 2.00. The molecule has 0 aliphatic carbocycles. The van der Waals surface area contributed by atoms with Gasteiger partial charge in [0.15, 0.2) is 0 Å². The van der Waals surface area contributed by atoms with E-state index in [0.717, 1.165) is 70.7 Å². The van der Waals surface area contributed by atoms with E-state index in [4.69, 9.17) is 28.4 Å². The first-order chi connectivity index (χ1) is 26.8. The van der Waals surface area contributed by atoms with Crippen LogP contribution in [0.25, 0.3) is 40.8 Å². The van der Waals surface area contributed by atoms with Crippen LogP contribution in [0.1, 0.15) is 156 Å². The number of unbranched alkanes of at least 4 members (excludes halogenated alkanes) is 6. The summed E-state index contributed by atoms with van der Waals surface area (Å²) in [7, 11) is 0. The molecular formula is C42H54O10Se3. The summed E-state index contributed by atoms with van der Waals surface area (Å²) in [6.07, 6.45) is 9.68. The van der Waals surface area contributed by atoms with E-state index in [2.05, 4.69) is 13.8 Å². The number of carbonyl (C=O) groups is 4. The molecule has 2 aromatic carbocycles. The van der Waals surface area contributed by atoms with Gasteiger partial charge >= 0.3 is 343 Å². The predicted octanol–water partition coefficient (Wildman–Crippen LogP) is 9.09. The molecule has 0 aliphatic rings. The molecule has 0 atom stereocenters. The molecule has 0 amide bonds. The Hall–Kier alpha value is -2.78. The Bertz CT molecular complexity index is 1940. The van der Waals surface area contributed by atoms with Crippen LogP contribution in [-0.4, -0.2) is 107 Å². The van der Waals surface area contributed by atoms with E-state index in [1.54, 1.807) is 0 Å². The second-order valence-corrected chi connectivity index (χ2v) is 20.0. The molecule has 5 aromatic rings. The molecule has 5 rings (SSSR count). The van der Waals surface area contributed by atoms with Crippen molar-refractivity contribution in [2.24, 2.45) is 0 Å². The summed E-state index contributed by atoms with van der Waals surface area (Å²) in [6.45, 7) is 14.2. The van der Waals surface area contributed by atoms with Crippen molar-refractivity contribution in [3.05, 3.63) is 17.7 Å². The summed E-state index contributed by atoms with van der Waals surface area (Å²) >= 11 is -2.08. The molecule has 13 heteroatoms. The molecule has 55 heavy (non-hydrogen) atoms. The molecule has 10 nitrogen and oxygen atoms in total. The van der Waals surface area contributed by atoms with E-state index in [1.165, 1.54) is 0 Å². The Kier molecular flexibility index (Phi) is 16.6. The minimum absolute atomic E-state index is 0.226. The first kappa shape index (κ1) is 43.3. The SMILES string of the molecule is CCCCOC(=O)c1[se]c(C(=O)OCCCC)c2c1c1c(C(=O)OCCCC)[se]c3c(OCCCC)c(OCCCC)c4[se]c(C(=O)OCCCC)c2c4c31. The topological polar surface area (TPSA) is 124 Å². The van der Waals surface area contributed by atoms with Gasteiger partial charge in [-0.3, -0.25) is 0 Å². The fourth-order valence-electron chi connectivity index (χ4n) is 6.22. The molecule has 0 N–H and O–H groups in total. The van der Waals surface area contributed by atoms with Gasteiger partial charge in [0.1, 0.15) is 0 Å². The number of hydrogen-bond donors (Lipinski definition) is 0. The van der Waals surface area contributed by atoms with E-state index in [9.17, 15) is 19.2 Å². The number of benzene rings is 2. The van der Waals surface area contributed by atoms with Crippen molar-refractivity contribution in [1.82, 2.24) is 0 Å². The van der Waals surface area contributed by atoms with Crippen LogP contribution in [0, 0.1) is 0 Å². The van der Waals surface area contributed by atoms with Crippen molar-refractivity contribution in [3.63, 3.8) is 0 Å². The first-order valence-electron chi connectivity index (χ1n) is 20.0. The fraction of sp³-hybridized carbons (Fsp3) is 0.571. The molecule has 3 aromatic heterocycles. The van der Waals surface area contributed by atoms with E-state index >= 15 is 0 Å². The molecule has 300 valence electrons. The summed E-state index contributed by atoms with van der Waals surface area (Å²) < 4.78 is 40.1. The Morgan fingerprint density at radius 3 is 0.909 bits per heavy atom. The quantitative estimate of drug-likeness (QED) is 0.0256. The van der Waals surface area contributed by atoms with Gasteiger partial charge in [-0.15, -0.1) is 0 Å². The number of ether oxygens (including phenoxy) is 6. The summed E-state index contributed by atoms with van der Waals surface area (Å²) in [5, 5.41) is 3.68. The predicted molar refractivity (Wildman–Crippen MR) is 220 cm³/mol. The van der Waals surface area contributed by atoms with Crippen LogP contribution in [0.2, 0.25) is 0 Å². The maximum absolute atomic E-state index is 14.3. The molecule has 3 heterocycles. The third-order valence-corrected chi connectivity index (χ3v) is 16.6. The molecule has 0 saturated carbocycles. The van der Waals surface area contributed by atoms with Crippen molar-refractivity contribution in [2.75, 3.05) is 39.6 Å². The standard InChI is InChI=1S/C42H54O10Se3/c1-7-13-19-47-31-32(48-20-14-8-2)34-26-25-27(35(53-33(25)31)39(43)49-21-15-9-3)29-30(28(26)36(54-34)40(44)50-22-16-10-4)38(42(46)52-24-18-12-6)55-37(29)41(45)51-23-17-11-5/h7-24H2,1-6H3. The van der Waals surface area contributed by atoms with E-state index in [-0.39, 0.29) is 26.4 Å². The molecule has 0 saturated heterocycles. The Labute approximate surface area is 341 Å². The zero-order valence-corrected chi connectivity index (χ0v) is 38.2. The van der Waals surface area contributed by atoms with Gasteiger partial charge in [0.05, 0.1) is 0 Å². The van der Waals surface area contributed by atoms with Gasteiger partial charge in [0, 0.05) is 0 Å². The van der Waals surface area contributed by atoms with E-state index in [0.29, 0.717) is 89.7 Å². The van der Waals surface area contributed by atoms with Gasteiger partial charge < -0.3 is 0 Å². The van der Waals surface area contributed by atoms with Gasteiger partial charge in [0.25, 0.3) is 0 Å². The van der Waals surface area contributed by atoms with Crippen LogP contribution < -0.4 is 9.47 Å². The number of rotatable bonds is 24. The monoisotopic (exact) mass is 958 g/mol. The van der Waals surface area contributed by atoms with Crippen LogP contribution in [0.5, 0.6) is 11.5 Å². The number of fused-ring (bicyclic) bond motifs is 3. The molecule has 0 spiro atoms. The van der Waals surface area contributed by atoms with Crippen molar-refractivity contribution in [3.8, 4) is 11.5 Å². The minimum atomic E-state index is -0.847. The van der Waals surface area contributed by atoms with Gasteiger partial charge in [-0.1, -0.05) is 0 Å². The summed E-state index contributed by atoms with van der Waals surface area (Å²) in [5.41, 5.74) is 0. The van der Waals surface area contributed by atoms with E-state index < -0.39 is 67.4 Å². The summed E-state index contributed by atoms with van der Waals surface area (Å²) in [6, 6.07) is 0. The van der Waals surface area contributed by atoms with Crippen molar-refractivity contribution in [2.45, 2.75) is 119 Å². The Morgan fingerprint density at radius 2 is 0.618 bits per heavy atom. The van der Waals surface area contributed by atoms with Gasteiger partial charge in [-0.25, -0.2) is 0 Å². The third kappa shape index (κ3) is 9.35. The second-order valence-electron chi connectivity index (χ2n) is 13.6. The third-order valence-electron chi connectivity index (χ3n) is 9.25. The average molecular weight is 956 g/mol. The molecule has 0 unspecified atom stereocenters. The van der Waals surface area contributed by atoms with Crippen molar-refractivity contribution < 1.29 is 47.6 Å².